The van der Waals surface area contributed by atoms with Crippen molar-refractivity contribution < 1.29 is 4.79 Å². The van der Waals surface area contributed by atoms with E-state index in [1.54, 1.807) is 6.20 Å². The van der Waals surface area contributed by atoms with Gasteiger partial charge in [0.25, 0.3) is 0 Å². The number of aromatic nitrogens is 2. The molecule has 0 saturated heterocycles. The minimum absolute atomic E-state index is 0.197. The molecule has 1 aliphatic carbocycles. The van der Waals surface area contributed by atoms with Crippen molar-refractivity contribution in [1.29, 1.82) is 0 Å². The second-order valence-electron chi connectivity index (χ2n) is 8.74. The maximum absolute atomic E-state index is 13.8. The summed E-state index contributed by atoms with van der Waals surface area (Å²) in [5, 5.41) is 1.13. The van der Waals surface area contributed by atoms with E-state index >= 15 is 0 Å². The van der Waals surface area contributed by atoms with Crippen molar-refractivity contribution in [3.63, 3.8) is 0 Å². The van der Waals surface area contributed by atoms with Crippen LogP contribution >= 0.6 is 0 Å². The predicted molar refractivity (Wildman–Crippen MR) is 129 cm³/mol. The normalized spacial score (nSPS) is 14.5. The molecule has 0 spiro atoms. The number of benzene rings is 2. The van der Waals surface area contributed by atoms with Crippen molar-refractivity contribution >= 4 is 16.8 Å². The highest BCUT2D eigenvalue weighted by atomic mass is 16.2. The summed E-state index contributed by atoms with van der Waals surface area (Å²) >= 11 is 0. The van der Waals surface area contributed by atoms with Crippen LogP contribution in [0.25, 0.3) is 22.2 Å². The molecule has 4 heteroatoms. The van der Waals surface area contributed by atoms with E-state index in [9.17, 15) is 4.79 Å². The minimum atomic E-state index is 0.197. The number of carbonyl (C=O) groups is 1. The zero-order valence-corrected chi connectivity index (χ0v) is 18.3. The van der Waals surface area contributed by atoms with Gasteiger partial charge in [0.15, 0.2) is 0 Å². The molecule has 4 nitrogen and oxygen atoms in total. The number of nitrogens with zero attached hydrogens (tertiary/aromatic N) is 2. The van der Waals surface area contributed by atoms with Crippen LogP contribution in [0.2, 0.25) is 0 Å². The van der Waals surface area contributed by atoms with E-state index in [-0.39, 0.29) is 5.91 Å². The van der Waals surface area contributed by atoms with Crippen LogP contribution in [-0.4, -0.2) is 26.8 Å². The molecule has 1 N–H and O–H groups in total. The van der Waals surface area contributed by atoms with Gasteiger partial charge in [0.1, 0.15) is 0 Å². The second-order valence-corrected chi connectivity index (χ2v) is 8.74. The predicted octanol–water partition coefficient (Wildman–Crippen LogP) is 6.13. The van der Waals surface area contributed by atoms with Gasteiger partial charge >= 0.3 is 0 Å². The molecule has 2 aromatic carbocycles. The Kier molecular flexibility index (Phi) is 6.02. The molecule has 0 radical (unpaired) electrons. The summed E-state index contributed by atoms with van der Waals surface area (Å²) in [5.41, 5.74) is 5.41. The highest BCUT2D eigenvalue weighted by Crippen LogP contribution is 2.32. The van der Waals surface area contributed by atoms with E-state index < -0.39 is 0 Å². The fourth-order valence-electron chi connectivity index (χ4n) is 4.99. The Labute approximate surface area is 189 Å². The number of rotatable bonds is 6. The zero-order chi connectivity index (χ0) is 21.8. The van der Waals surface area contributed by atoms with Crippen molar-refractivity contribution in [1.82, 2.24) is 14.9 Å². The van der Waals surface area contributed by atoms with Crippen molar-refractivity contribution in [3.05, 3.63) is 90.3 Å². The van der Waals surface area contributed by atoms with Gasteiger partial charge in [0.05, 0.1) is 12.1 Å². The van der Waals surface area contributed by atoms with Crippen molar-refractivity contribution in [2.45, 2.75) is 51.1 Å². The first kappa shape index (κ1) is 20.5. The average molecular weight is 424 g/mol. The molecule has 1 fully saturated rings. The van der Waals surface area contributed by atoms with Crippen LogP contribution in [0, 0.1) is 0 Å². The molecule has 0 atom stereocenters. The molecule has 162 valence electrons. The largest absolute Gasteiger partial charge is 0.354 e. The number of nitrogens with one attached hydrogen (secondary N) is 1. The number of hydrogen-bond donors (Lipinski definition) is 1. The molecule has 2 heterocycles. The fourth-order valence-corrected chi connectivity index (χ4v) is 4.99. The number of hydrogen-bond acceptors (Lipinski definition) is 2. The third kappa shape index (κ3) is 4.31. The Hall–Kier alpha value is -3.40. The third-order valence-electron chi connectivity index (χ3n) is 6.62. The Morgan fingerprint density at radius 1 is 0.938 bits per heavy atom. The summed E-state index contributed by atoms with van der Waals surface area (Å²) in [6.45, 7) is 0.625. The summed E-state index contributed by atoms with van der Waals surface area (Å²) in [6, 6.07) is 22.9. The van der Waals surface area contributed by atoms with Gasteiger partial charge in [-0.1, -0.05) is 73.9 Å². The molecule has 5 rings (SSSR count). The number of H-pyrrole nitrogens is 1. The number of para-hydroxylation sites is 1. The van der Waals surface area contributed by atoms with Crippen LogP contribution in [0.15, 0.2) is 79.1 Å². The third-order valence-corrected chi connectivity index (χ3v) is 6.62. The lowest BCUT2D eigenvalue weighted by Crippen LogP contribution is -2.41. The fraction of sp³-hybridized carbons (Fsp3) is 0.286. The Morgan fingerprint density at radius 2 is 1.72 bits per heavy atom. The smallest absolute Gasteiger partial charge is 0.227 e. The molecule has 1 aliphatic rings. The zero-order valence-electron chi connectivity index (χ0n) is 18.3. The van der Waals surface area contributed by atoms with Gasteiger partial charge in [-0.3, -0.25) is 9.78 Å². The van der Waals surface area contributed by atoms with Gasteiger partial charge in [-0.05, 0) is 41.7 Å². The van der Waals surface area contributed by atoms with Crippen LogP contribution in [0.4, 0.5) is 0 Å². The van der Waals surface area contributed by atoms with E-state index in [0.717, 1.165) is 46.1 Å². The van der Waals surface area contributed by atoms with E-state index in [0.29, 0.717) is 19.0 Å². The maximum Gasteiger partial charge on any atom is 0.227 e. The molecule has 4 aromatic rings. The molecule has 1 amide bonds. The summed E-state index contributed by atoms with van der Waals surface area (Å²) < 4.78 is 0. The van der Waals surface area contributed by atoms with Crippen LogP contribution in [0.5, 0.6) is 0 Å². The summed E-state index contributed by atoms with van der Waals surface area (Å²) in [5.74, 6) is 0.197. The van der Waals surface area contributed by atoms with Crippen LogP contribution < -0.4 is 0 Å². The molecule has 2 aromatic heterocycles. The molecule has 1 saturated carbocycles. The van der Waals surface area contributed by atoms with E-state index in [1.807, 2.05) is 42.6 Å². The monoisotopic (exact) mass is 423 g/mol. The number of carbonyl (C=O) groups excluding carboxylic acids is 1. The van der Waals surface area contributed by atoms with Gasteiger partial charge in [-0.15, -0.1) is 0 Å². The summed E-state index contributed by atoms with van der Waals surface area (Å²) in [4.78, 5) is 23.8. The van der Waals surface area contributed by atoms with Gasteiger partial charge in [-0.25, -0.2) is 0 Å². The van der Waals surface area contributed by atoms with Crippen LogP contribution in [0.1, 0.15) is 43.2 Å². The van der Waals surface area contributed by atoms with Gasteiger partial charge < -0.3 is 9.88 Å². The molecular formula is C28H29N3O. The Morgan fingerprint density at radius 3 is 2.50 bits per heavy atom. The summed E-state index contributed by atoms with van der Waals surface area (Å²) in [6.07, 6.45) is 9.90. The number of fused-ring (bicyclic) bond motifs is 1. The second kappa shape index (κ2) is 9.39. The van der Waals surface area contributed by atoms with Crippen molar-refractivity contribution in [2.75, 3.05) is 0 Å². The Balaban J connectivity index is 1.50. The lowest BCUT2D eigenvalue weighted by atomic mass is 9.93. The van der Waals surface area contributed by atoms with Crippen LogP contribution in [-0.2, 0) is 17.8 Å². The van der Waals surface area contributed by atoms with Crippen molar-refractivity contribution in [2.24, 2.45) is 0 Å². The molecular weight excluding hydrogens is 394 g/mol. The standard InChI is InChI=1S/C28H29N3O/c32-27(31(23-13-5-2-6-14-23)20-21-10-9-17-29-19-21)18-25-24-15-7-8-16-26(24)30-28(25)22-11-3-1-4-12-22/h1,3-4,7-12,15-17,19,23,30H,2,5-6,13-14,18,20H2. The first-order chi connectivity index (χ1) is 15.8. The summed E-state index contributed by atoms with van der Waals surface area (Å²) in [7, 11) is 0. The molecule has 0 unspecified atom stereocenters. The number of aromatic amines is 1. The van der Waals surface area contributed by atoms with Gasteiger partial charge in [0.2, 0.25) is 5.91 Å². The van der Waals surface area contributed by atoms with E-state index in [1.165, 1.54) is 19.3 Å². The first-order valence-electron chi connectivity index (χ1n) is 11.6. The molecule has 0 aliphatic heterocycles. The quantitative estimate of drug-likeness (QED) is 0.405. The topological polar surface area (TPSA) is 49.0 Å². The lowest BCUT2D eigenvalue weighted by molar-refractivity contribution is -0.134. The minimum Gasteiger partial charge on any atom is -0.354 e. The number of amides is 1. The SMILES string of the molecule is O=C(Cc1c(-c2ccccc2)[nH]c2ccccc12)N(Cc1cccnc1)C1CCCCC1. The molecule has 0 bridgehead atoms. The van der Waals surface area contributed by atoms with Gasteiger partial charge in [0, 0.05) is 35.9 Å². The Bertz CT molecular complexity index is 1180. The van der Waals surface area contributed by atoms with Gasteiger partial charge in [-0.2, -0.15) is 0 Å². The van der Waals surface area contributed by atoms with Crippen molar-refractivity contribution in [3.8, 4) is 11.3 Å². The van der Waals surface area contributed by atoms with Crippen LogP contribution in [0.3, 0.4) is 0 Å². The number of pyridine rings is 1. The molecule has 32 heavy (non-hydrogen) atoms. The highest BCUT2D eigenvalue weighted by molar-refractivity contribution is 5.95. The maximum atomic E-state index is 13.8. The lowest BCUT2D eigenvalue weighted by Gasteiger charge is -2.34. The average Bonchev–Trinajstić information content (AvgIpc) is 3.22. The first-order valence-corrected chi connectivity index (χ1v) is 11.6. The highest BCUT2D eigenvalue weighted by Gasteiger charge is 2.27. The van der Waals surface area contributed by atoms with E-state index in [4.69, 9.17) is 0 Å². The van der Waals surface area contributed by atoms with E-state index in [2.05, 4.69) is 45.2 Å².